The van der Waals surface area contributed by atoms with E-state index in [2.05, 4.69) is 25.5 Å². The van der Waals surface area contributed by atoms with Crippen LogP contribution in [-0.4, -0.2) is 48.5 Å². The Hall–Kier alpha value is -2.38. The fourth-order valence-electron chi connectivity index (χ4n) is 3.91. The Morgan fingerprint density at radius 2 is 2.15 bits per heavy atom. The van der Waals surface area contributed by atoms with E-state index < -0.39 is 0 Å². The SMILES string of the molecule is COc1cc2c(cc1Nc1nc(N3C4CNCC3C4)ncc1Cl)C=NC2. The minimum Gasteiger partial charge on any atom is -0.495 e. The van der Waals surface area contributed by atoms with Gasteiger partial charge in [0.05, 0.1) is 25.5 Å². The number of rotatable bonds is 4. The first-order valence-corrected chi connectivity index (χ1v) is 9.10. The van der Waals surface area contributed by atoms with Crippen LogP contribution in [0.4, 0.5) is 17.5 Å². The number of nitrogens with zero attached hydrogens (tertiary/aromatic N) is 4. The van der Waals surface area contributed by atoms with Crippen molar-refractivity contribution in [1.29, 1.82) is 0 Å². The van der Waals surface area contributed by atoms with Gasteiger partial charge in [-0.2, -0.15) is 4.98 Å². The average molecular weight is 371 g/mol. The molecule has 8 heteroatoms. The first-order chi connectivity index (χ1) is 12.7. The van der Waals surface area contributed by atoms with Crippen LogP contribution in [0.3, 0.4) is 0 Å². The summed E-state index contributed by atoms with van der Waals surface area (Å²) in [7, 11) is 1.66. The third-order valence-electron chi connectivity index (χ3n) is 5.26. The zero-order valence-electron chi connectivity index (χ0n) is 14.4. The molecule has 0 radical (unpaired) electrons. The summed E-state index contributed by atoms with van der Waals surface area (Å²) in [6.45, 7) is 2.64. The molecule has 5 rings (SSSR count). The van der Waals surface area contributed by atoms with Crippen molar-refractivity contribution in [2.24, 2.45) is 4.99 Å². The topological polar surface area (TPSA) is 74.7 Å². The Bertz CT molecular complexity index is 887. The molecule has 2 saturated heterocycles. The maximum absolute atomic E-state index is 6.36. The molecule has 0 aliphatic carbocycles. The second-order valence-corrected chi connectivity index (χ2v) is 7.23. The molecule has 0 saturated carbocycles. The van der Waals surface area contributed by atoms with Crippen LogP contribution in [0, 0.1) is 0 Å². The highest BCUT2D eigenvalue weighted by Gasteiger charge is 2.43. The molecule has 0 spiro atoms. The predicted molar refractivity (Wildman–Crippen MR) is 102 cm³/mol. The largest absolute Gasteiger partial charge is 0.495 e. The van der Waals surface area contributed by atoms with E-state index in [9.17, 15) is 0 Å². The van der Waals surface area contributed by atoms with Gasteiger partial charge in [0.15, 0.2) is 5.82 Å². The lowest BCUT2D eigenvalue weighted by Gasteiger charge is -2.53. The summed E-state index contributed by atoms with van der Waals surface area (Å²) >= 11 is 6.36. The molecule has 2 N–H and O–H groups in total. The van der Waals surface area contributed by atoms with Gasteiger partial charge in [0.1, 0.15) is 10.8 Å². The van der Waals surface area contributed by atoms with E-state index in [1.807, 2.05) is 18.3 Å². The summed E-state index contributed by atoms with van der Waals surface area (Å²) < 4.78 is 5.53. The lowest BCUT2D eigenvalue weighted by Crippen LogP contribution is -2.68. The number of hydrogen-bond donors (Lipinski definition) is 2. The van der Waals surface area contributed by atoms with Crippen molar-refractivity contribution in [3.05, 3.63) is 34.5 Å². The summed E-state index contributed by atoms with van der Waals surface area (Å²) in [4.78, 5) is 15.7. The van der Waals surface area contributed by atoms with Crippen LogP contribution in [0.5, 0.6) is 5.75 Å². The molecule has 0 amide bonds. The number of piperidine rings is 1. The van der Waals surface area contributed by atoms with Crippen LogP contribution in [0.25, 0.3) is 0 Å². The van der Waals surface area contributed by atoms with Gasteiger partial charge < -0.3 is 20.3 Å². The third kappa shape index (κ3) is 2.50. The van der Waals surface area contributed by atoms with Gasteiger partial charge in [0.25, 0.3) is 0 Å². The van der Waals surface area contributed by atoms with Gasteiger partial charge in [-0.15, -0.1) is 0 Å². The van der Waals surface area contributed by atoms with Crippen molar-refractivity contribution in [2.75, 3.05) is 30.4 Å². The first kappa shape index (κ1) is 15.8. The van der Waals surface area contributed by atoms with Gasteiger partial charge in [0, 0.05) is 31.4 Å². The van der Waals surface area contributed by atoms with E-state index in [0.29, 0.717) is 29.5 Å². The van der Waals surface area contributed by atoms with Gasteiger partial charge in [-0.05, 0) is 29.7 Å². The Morgan fingerprint density at radius 3 is 2.92 bits per heavy atom. The predicted octanol–water partition coefficient (Wildman–Crippen LogP) is 2.37. The van der Waals surface area contributed by atoms with Crippen LogP contribution in [-0.2, 0) is 6.54 Å². The molecule has 1 aromatic heterocycles. The van der Waals surface area contributed by atoms with E-state index >= 15 is 0 Å². The number of piperazine rings is 1. The number of anilines is 3. The average Bonchev–Trinajstić information content (AvgIpc) is 3.11. The highest BCUT2D eigenvalue weighted by molar-refractivity contribution is 6.33. The maximum Gasteiger partial charge on any atom is 0.227 e. The van der Waals surface area contributed by atoms with Gasteiger partial charge in [-0.3, -0.25) is 4.99 Å². The van der Waals surface area contributed by atoms with Crippen LogP contribution < -0.4 is 20.3 Å². The van der Waals surface area contributed by atoms with Gasteiger partial charge in [0.2, 0.25) is 5.95 Å². The zero-order valence-corrected chi connectivity index (χ0v) is 15.1. The minimum absolute atomic E-state index is 0.466. The summed E-state index contributed by atoms with van der Waals surface area (Å²) in [5, 5.41) is 7.22. The smallest absolute Gasteiger partial charge is 0.227 e. The van der Waals surface area contributed by atoms with Crippen molar-refractivity contribution >= 4 is 35.3 Å². The normalized spacial score (nSPS) is 22.8. The van der Waals surface area contributed by atoms with E-state index in [4.69, 9.17) is 21.3 Å². The number of hydrogen-bond acceptors (Lipinski definition) is 7. The second kappa shape index (κ2) is 6.10. The van der Waals surface area contributed by atoms with Crippen LogP contribution in [0.15, 0.2) is 23.3 Å². The number of aliphatic imine (C=N–C) groups is 1. The summed E-state index contributed by atoms with van der Waals surface area (Å²) in [6.07, 6.45) is 4.73. The molecular formula is C18H19ClN6O. The number of ether oxygens (including phenoxy) is 1. The molecule has 26 heavy (non-hydrogen) atoms. The summed E-state index contributed by atoms with van der Waals surface area (Å²) in [5.74, 6) is 2.06. The molecule has 2 unspecified atom stereocenters. The summed E-state index contributed by atoms with van der Waals surface area (Å²) in [5.41, 5.74) is 3.06. The molecule has 7 nitrogen and oxygen atoms in total. The molecule has 2 bridgehead atoms. The van der Waals surface area contributed by atoms with Crippen LogP contribution in [0.1, 0.15) is 17.5 Å². The molecule has 134 valence electrons. The number of nitrogens with one attached hydrogen (secondary N) is 2. The molecule has 1 aromatic carbocycles. The quantitative estimate of drug-likeness (QED) is 0.860. The third-order valence-corrected chi connectivity index (χ3v) is 5.54. The standard InChI is InChI=1S/C18H19ClN6O/c1-26-16-3-11-6-20-5-10(11)2-15(16)23-17-14(19)9-22-18(24-17)25-12-4-13(25)8-21-7-12/h2-3,5,9,12-13,21H,4,6-8H2,1H3,(H,22,23,24). The Kier molecular flexibility index (Phi) is 3.72. The number of methoxy groups -OCH3 is 1. The fraction of sp³-hybridized carbons (Fsp3) is 0.389. The van der Waals surface area contributed by atoms with E-state index in [1.165, 1.54) is 6.42 Å². The number of aromatic nitrogens is 2. The van der Waals surface area contributed by atoms with Crippen LogP contribution >= 0.6 is 11.6 Å². The molecule has 3 aliphatic rings. The van der Waals surface area contributed by atoms with Gasteiger partial charge in [-0.25, -0.2) is 4.98 Å². The van der Waals surface area contributed by atoms with Gasteiger partial charge >= 0.3 is 0 Å². The number of benzene rings is 1. The first-order valence-electron chi connectivity index (χ1n) is 8.72. The molecule has 4 heterocycles. The Labute approximate surface area is 156 Å². The highest BCUT2D eigenvalue weighted by atomic mass is 35.5. The number of fused-ring (bicyclic) bond motifs is 3. The van der Waals surface area contributed by atoms with E-state index in [0.717, 1.165) is 41.6 Å². The van der Waals surface area contributed by atoms with Crippen molar-refractivity contribution in [1.82, 2.24) is 15.3 Å². The highest BCUT2D eigenvalue weighted by Crippen LogP contribution is 2.36. The maximum atomic E-state index is 6.36. The van der Waals surface area contributed by atoms with Crippen LogP contribution in [0.2, 0.25) is 5.02 Å². The second-order valence-electron chi connectivity index (χ2n) is 6.82. The lowest BCUT2D eigenvalue weighted by molar-refractivity contribution is 0.258. The van der Waals surface area contributed by atoms with Crippen molar-refractivity contribution in [3.8, 4) is 5.75 Å². The number of halogens is 1. The van der Waals surface area contributed by atoms with Crippen molar-refractivity contribution in [2.45, 2.75) is 25.0 Å². The van der Waals surface area contributed by atoms with E-state index in [-0.39, 0.29) is 0 Å². The molecule has 3 aliphatic heterocycles. The Balaban J connectivity index is 1.47. The molecular weight excluding hydrogens is 352 g/mol. The zero-order chi connectivity index (χ0) is 17.7. The van der Waals surface area contributed by atoms with Crippen molar-refractivity contribution < 1.29 is 4.74 Å². The lowest BCUT2D eigenvalue weighted by atomic mass is 9.89. The molecule has 2 aromatic rings. The van der Waals surface area contributed by atoms with Crippen molar-refractivity contribution in [3.63, 3.8) is 0 Å². The Morgan fingerprint density at radius 1 is 1.31 bits per heavy atom. The monoisotopic (exact) mass is 370 g/mol. The fourth-order valence-corrected chi connectivity index (χ4v) is 4.05. The molecule has 2 fully saturated rings. The van der Waals surface area contributed by atoms with Gasteiger partial charge in [-0.1, -0.05) is 11.6 Å². The minimum atomic E-state index is 0.466. The van der Waals surface area contributed by atoms with E-state index in [1.54, 1.807) is 13.3 Å². The summed E-state index contributed by atoms with van der Waals surface area (Å²) in [6, 6.07) is 4.96. The molecule has 2 atom stereocenters.